The van der Waals surface area contributed by atoms with Crippen molar-refractivity contribution in [2.45, 2.75) is 19.8 Å². The maximum absolute atomic E-state index is 6.30. The molecule has 0 bridgehead atoms. The molecule has 0 amide bonds. The van der Waals surface area contributed by atoms with Crippen LogP contribution < -0.4 is 10.1 Å². The van der Waals surface area contributed by atoms with Crippen LogP contribution in [0.15, 0.2) is 48.5 Å². The Balaban J connectivity index is 1.88. The van der Waals surface area contributed by atoms with Gasteiger partial charge in [0.15, 0.2) is 0 Å². The van der Waals surface area contributed by atoms with Crippen LogP contribution in [-0.4, -0.2) is 19.7 Å². The summed E-state index contributed by atoms with van der Waals surface area (Å²) in [5.74, 6) is 0.744. The van der Waals surface area contributed by atoms with Gasteiger partial charge in [0.2, 0.25) is 0 Å². The third-order valence-corrected chi connectivity index (χ3v) is 3.58. The lowest BCUT2D eigenvalue weighted by Crippen LogP contribution is -2.22. The summed E-state index contributed by atoms with van der Waals surface area (Å²) in [6.45, 7) is 4.71. The molecule has 0 fully saturated rings. The van der Waals surface area contributed by atoms with E-state index in [1.165, 1.54) is 12.8 Å². The molecule has 0 aliphatic rings. The molecule has 0 saturated carbocycles. The molecule has 2 aromatic carbocycles. The van der Waals surface area contributed by atoms with Gasteiger partial charge in [-0.25, -0.2) is 0 Å². The lowest BCUT2D eigenvalue weighted by Gasteiger charge is -2.10. The lowest BCUT2D eigenvalue weighted by atomic mass is 10.1. The molecule has 0 aromatic heterocycles. The monoisotopic (exact) mass is 303 g/mol. The van der Waals surface area contributed by atoms with Gasteiger partial charge in [-0.05, 0) is 36.2 Å². The molecule has 21 heavy (non-hydrogen) atoms. The number of unbranched alkanes of at least 4 members (excludes halogenated alkanes) is 1. The fourth-order valence-electron chi connectivity index (χ4n) is 2.09. The highest BCUT2D eigenvalue weighted by Gasteiger charge is 2.04. The second-order valence-corrected chi connectivity index (χ2v) is 5.37. The Bertz CT molecular complexity index is 542. The van der Waals surface area contributed by atoms with E-state index in [0.717, 1.165) is 30.0 Å². The van der Waals surface area contributed by atoms with Crippen molar-refractivity contribution in [1.29, 1.82) is 0 Å². The Hall–Kier alpha value is -1.51. The topological polar surface area (TPSA) is 21.3 Å². The first kappa shape index (κ1) is 15.9. The van der Waals surface area contributed by atoms with Gasteiger partial charge in [-0.1, -0.05) is 61.3 Å². The first-order valence-corrected chi connectivity index (χ1v) is 7.87. The molecule has 0 radical (unpaired) electrons. The quantitative estimate of drug-likeness (QED) is 0.709. The highest BCUT2D eigenvalue weighted by Crippen LogP contribution is 2.30. The predicted molar refractivity (Wildman–Crippen MR) is 90.2 cm³/mol. The second kappa shape index (κ2) is 8.71. The molecular formula is C18H22ClNO. The summed E-state index contributed by atoms with van der Waals surface area (Å²) in [6, 6.07) is 16.1. The molecule has 0 saturated heterocycles. The van der Waals surface area contributed by atoms with Crippen molar-refractivity contribution >= 4 is 11.6 Å². The highest BCUT2D eigenvalue weighted by molar-refractivity contribution is 6.32. The third kappa shape index (κ3) is 5.07. The molecule has 0 spiro atoms. The zero-order valence-electron chi connectivity index (χ0n) is 12.4. The van der Waals surface area contributed by atoms with Gasteiger partial charge in [0.1, 0.15) is 12.4 Å². The van der Waals surface area contributed by atoms with E-state index in [1.807, 2.05) is 36.4 Å². The van der Waals surface area contributed by atoms with Crippen LogP contribution in [0.4, 0.5) is 0 Å². The average Bonchev–Trinajstić information content (AvgIpc) is 2.53. The van der Waals surface area contributed by atoms with Crippen LogP contribution >= 0.6 is 11.6 Å². The number of ether oxygens (including phenoxy) is 1. The standard InChI is InChI=1S/C18H22ClNO/c1-2-3-11-20-12-13-21-18-10-9-16(14-17(18)19)15-7-5-4-6-8-15/h4-10,14,20H,2-3,11-13H2,1H3. The fraction of sp³-hybridized carbons (Fsp3) is 0.333. The maximum atomic E-state index is 6.30. The van der Waals surface area contributed by atoms with E-state index in [1.54, 1.807) is 0 Å². The van der Waals surface area contributed by atoms with Gasteiger partial charge in [-0.15, -0.1) is 0 Å². The summed E-state index contributed by atoms with van der Waals surface area (Å²) >= 11 is 6.30. The molecule has 0 unspecified atom stereocenters. The molecule has 2 aromatic rings. The normalized spacial score (nSPS) is 10.6. The number of rotatable bonds is 8. The first-order chi connectivity index (χ1) is 10.3. The molecule has 0 atom stereocenters. The summed E-state index contributed by atoms with van der Waals surface area (Å²) < 4.78 is 5.71. The van der Waals surface area contributed by atoms with E-state index in [9.17, 15) is 0 Å². The molecule has 1 N–H and O–H groups in total. The van der Waals surface area contributed by atoms with E-state index < -0.39 is 0 Å². The number of hydrogen-bond donors (Lipinski definition) is 1. The van der Waals surface area contributed by atoms with Gasteiger partial charge in [0, 0.05) is 6.54 Å². The summed E-state index contributed by atoms with van der Waals surface area (Å²) in [7, 11) is 0. The smallest absolute Gasteiger partial charge is 0.137 e. The highest BCUT2D eigenvalue weighted by atomic mass is 35.5. The van der Waals surface area contributed by atoms with Crippen LogP contribution in [0.25, 0.3) is 11.1 Å². The summed E-state index contributed by atoms with van der Waals surface area (Å²) in [5, 5.41) is 4.00. The van der Waals surface area contributed by atoms with Crippen LogP contribution in [0, 0.1) is 0 Å². The lowest BCUT2D eigenvalue weighted by molar-refractivity contribution is 0.314. The largest absolute Gasteiger partial charge is 0.491 e. The second-order valence-electron chi connectivity index (χ2n) is 4.96. The molecule has 112 valence electrons. The number of nitrogens with one attached hydrogen (secondary N) is 1. The van der Waals surface area contributed by atoms with Crippen molar-refractivity contribution in [3.63, 3.8) is 0 Å². The number of benzene rings is 2. The van der Waals surface area contributed by atoms with Crippen LogP contribution in [0.1, 0.15) is 19.8 Å². The number of halogens is 1. The summed E-state index contributed by atoms with van der Waals surface area (Å²) in [5.41, 5.74) is 2.27. The van der Waals surface area contributed by atoms with Crippen molar-refractivity contribution in [2.24, 2.45) is 0 Å². The van der Waals surface area contributed by atoms with Gasteiger partial charge in [-0.3, -0.25) is 0 Å². The molecule has 0 aliphatic heterocycles. The van der Waals surface area contributed by atoms with E-state index in [4.69, 9.17) is 16.3 Å². The molecule has 3 heteroatoms. The van der Waals surface area contributed by atoms with E-state index >= 15 is 0 Å². The van der Waals surface area contributed by atoms with Crippen LogP contribution in [0.5, 0.6) is 5.75 Å². The van der Waals surface area contributed by atoms with Crippen molar-refractivity contribution < 1.29 is 4.74 Å². The van der Waals surface area contributed by atoms with E-state index in [-0.39, 0.29) is 0 Å². The van der Waals surface area contributed by atoms with E-state index in [0.29, 0.717) is 11.6 Å². The number of hydrogen-bond acceptors (Lipinski definition) is 2. The Kier molecular flexibility index (Phi) is 6.58. The van der Waals surface area contributed by atoms with Gasteiger partial charge in [0.05, 0.1) is 5.02 Å². The van der Waals surface area contributed by atoms with Gasteiger partial charge < -0.3 is 10.1 Å². The maximum Gasteiger partial charge on any atom is 0.137 e. The van der Waals surface area contributed by atoms with E-state index in [2.05, 4.69) is 24.4 Å². The van der Waals surface area contributed by atoms with Gasteiger partial charge in [0.25, 0.3) is 0 Å². The van der Waals surface area contributed by atoms with Crippen LogP contribution in [-0.2, 0) is 0 Å². The van der Waals surface area contributed by atoms with Gasteiger partial charge >= 0.3 is 0 Å². The van der Waals surface area contributed by atoms with Crippen molar-refractivity contribution in [3.8, 4) is 16.9 Å². The van der Waals surface area contributed by atoms with Crippen molar-refractivity contribution in [1.82, 2.24) is 5.32 Å². The Morgan fingerprint density at radius 1 is 1.00 bits per heavy atom. The van der Waals surface area contributed by atoms with Crippen molar-refractivity contribution in [3.05, 3.63) is 53.6 Å². The fourth-order valence-corrected chi connectivity index (χ4v) is 2.32. The predicted octanol–water partition coefficient (Wildman–Crippen LogP) is 4.78. The Morgan fingerprint density at radius 3 is 2.52 bits per heavy atom. The zero-order valence-corrected chi connectivity index (χ0v) is 13.2. The average molecular weight is 304 g/mol. The first-order valence-electron chi connectivity index (χ1n) is 7.49. The Morgan fingerprint density at radius 2 is 1.81 bits per heavy atom. The molecule has 0 aliphatic carbocycles. The van der Waals surface area contributed by atoms with Crippen LogP contribution in [0.2, 0.25) is 5.02 Å². The summed E-state index contributed by atoms with van der Waals surface area (Å²) in [4.78, 5) is 0. The minimum Gasteiger partial charge on any atom is -0.491 e. The Labute approximate surface area is 132 Å². The van der Waals surface area contributed by atoms with Crippen molar-refractivity contribution in [2.75, 3.05) is 19.7 Å². The summed E-state index contributed by atoms with van der Waals surface area (Å²) in [6.07, 6.45) is 2.41. The zero-order chi connectivity index (χ0) is 14.9. The molecule has 2 rings (SSSR count). The minimum atomic E-state index is 0.633. The molecule has 2 nitrogen and oxygen atoms in total. The minimum absolute atomic E-state index is 0.633. The molecular weight excluding hydrogens is 282 g/mol. The van der Waals surface area contributed by atoms with Gasteiger partial charge in [-0.2, -0.15) is 0 Å². The SMILES string of the molecule is CCCCNCCOc1ccc(-c2ccccc2)cc1Cl. The third-order valence-electron chi connectivity index (χ3n) is 3.28. The molecule has 0 heterocycles. The van der Waals surface area contributed by atoms with Crippen LogP contribution in [0.3, 0.4) is 0 Å².